The molecule has 4 N–H and O–H groups in total. The Morgan fingerprint density at radius 3 is 3.23 bits per heavy atom. The Bertz CT molecular complexity index is 410. The van der Waals surface area contributed by atoms with Gasteiger partial charge in [-0.2, -0.15) is 0 Å². The number of hydrogen-bond donors (Lipinski definition) is 3. The zero-order valence-corrected chi connectivity index (χ0v) is 7.07. The monoisotopic (exact) mass is 177 g/mol. The maximum absolute atomic E-state index is 9.45. The Kier molecular flexibility index (Phi) is 2.00. The second-order valence-electron chi connectivity index (χ2n) is 2.93. The minimum atomic E-state index is -0.625. The van der Waals surface area contributed by atoms with Gasteiger partial charge in [0.2, 0.25) is 0 Å². The van der Waals surface area contributed by atoms with Crippen molar-refractivity contribution in [3.63, 3.8) is 0 Å². The number of nitrogens with one attached hydrogen (secondary N) is 1. The molecule has 2 heterocycles. The van der Waals surface area contributed by atoms with Crippen molar-refractivity contribution in [2.24, 2.45) is 5.73 Å². The molecule has 0 saturated heterocycles. The summed E-state index contributed by atoms with van der Waals surface area (Å²) in [6, 6.07) is 3.74. The first-order chi connectivity index (χ1) is 6.31. The molecule has 68 valence electrons. The van der Waals surface area contributed by atoms with Crippen molar-refractivity contribution >= 4 is 11.0 Å². The molecular formula is C9H11N3O. The van der Waals surface area contributed by atoms with E-state index in [-0.39, 0.29) is 6.54 Å². The minimum Gasteiger partial charge on any atom is -0.387 e. The van der Waals surface area contributed by atoms with Gasteiger partial charge in [-0.05, 0) is 12.1 Å². The smallest absolute Gasteiger partial charge is 0.0927 e. The summed E-state index contributed by atoms with van der Waals surface area (Å²) >= 11 is 0. The van der Waals surface area contributed by atoms with E-state index < -0.39 is 6.10 Å². The minimum absolute atomic E-state index is 0.216. The SMILES string of the molecule is NCC(O)c1cnc2cc[nH]c2c1. The second-order valence-corrected chi connectivity index (χ2v) is 2.93. The first kappa shape index (κ1) is 8.22. The lowest BCUT2D eigenvalue weighted by molar-refractivity contribution is 0.186. The highest BCUT2D eigenvalue weighted by Crippen LogP contribution is 2.15. The lowest BCUT2D eigenvalue weighted by atomic mass is 10.1. The van der Waals surface area contributed by atoms with Crippen molar-refractivity contribution < 1.29 is 5.11 Å². The average molecular weight is 177 g/mol. The molecule has 0 aliphatic rings. The predicted octanol–water partition coefficient (Wildman–Crippen LogP) is 0.555. The van der Waals surface area contributed by atoms with Gasteiger partial charge in [0.15, 0.2) is 0 Å². The molecule has 0 amide bonds. The number of nitrogens with two attached hydrogens (primary N) is 1. The average Bonchev–Trinajstić information content (AvgIpc) is 2.63. The van der Waals surface area contributed by atoms with Crippen LogP contribution in [0.4, 0.5) is 0 Å². The molecule has 0 bridgehead atoms. The molecule has 0 aliphatic heterocycles. The zero-order valence-electron chi connectivity index (χ0n) is 7.07. The normalized spacial score (nSPS) is 13.4. The van der Waals surface area contributed by atoms with Gasteiger partial charge in [0.1, 0.15) is 0 Å². The van der Waals surface area contributed by atoms with E-state index in [1.165, 1.54) is 0 Å². The van der Waals surface area contributed by atoms with Gasteiger partial charge in [0.25, 0.3) is 0 Å². The summed E-state index contributed by atoms with van der Waals surface area (Å²) in [6.07, 6.45) is 2.84. The molecule has 0 aromatic carbocycles. The van der Waals surface area contributed by atoms with Crippen LogP contribution in [-0.2, 0) is 0 Å². The van der Waals surface area contributed by atoms with E-state index in [2.05, 4.69) is 9.97 Å². The van der Waals surface area contributed by atoms with Crippen LogP contribution in [0.2, 0.25) is 0 Å². The first-order valence-electron chi connectivity index (χ1n) is 4.12. The lowest BCUT2D eigenvalue weighted by Crippen LogP contribution is -2.11. The van der Waals surface area contributed by atoms with E-state index in [0.717, 1.165) is 16.6 Å². The van der Waals surface area contributed by atoms with Crippen LogP contribution in [0.3, 0.4) is 0 Å². The number of H-pyrrole nitrogens is 1. The van der Waals surface area contributed by atoms with E-state index in [1.807, 2.05) is 18.3 Å². The van der Waals surface area contributed by atoms with Gasteiger partial charge < -0.3 is 15.8 Å². The standard InChI is InChI=1S/C9H11N3O/c10-4-9(13)6-3-8-7(12-5-6)1-2-11-8/h1-3,5,9,11,13H,4,10H2. The third-order valence-electron chi connectivity index (χ3n) is 2.03. The van der Waals surface area contributed by atoms with Gasteiger partial charge in [-0.15, -0.1) is 0 Å². The van der Waals surface area contributed by atoms with Crippen LogP contribution in [0.1, 0.15) is 11.7 Å². The molecule has 0 spiro atoms. The summed E-state index contributed by atoms with van der Waals surface area (Å²) < 4.78 is 0. The van der Waals surface area contributed by atoms with Gasteiger partial charge in [-0.1, -0.05) is 0 Å². The van der Waals surface area contributed by atoms with Crippen LogP contribution in [0.5, 0.6) is 0 Å². The van der Waals surface area contributed by atoms with E-state index in [4.69, 9.17) is 5.73 Å². The topological polar surface area (TPSA) is 74.9 Å². The number of fused-ring (bicyclic) bond motifs is 1. The summed E-state index contributed by atoms with van der Waals surface area (Å²) in [4.78, 5) is 7.19. The molecule has 2 rings (SSSR count). The summed E-state index contributed by atoms with van der Waals surface area (Å²) in [5.74, 6) is 0. The predicted molar refractivity (Wildman–Crippen MR) is 50.1 cm³/mol. The van der Waals surface area contributed by atoms with Crippen molar-refractivity contribution in [1.29, 1.82) is 0 Å². The van der Waals surface area contributed by atoms with Crippen molar-refractivity contribution in [3.8, 4) is 0 Å². The summed E-state index contributed by atoms with van der Waals surface area (Å²) in [5, 5.41) is 9.45. The molecule has 2 aromatic rings. The number of aliphatic hydroxyl groups excluding tert-OH is 1. The molecule has 2 aromatic heterocycles. The Hall–Kier alpha value is -1.39. The molecule has 0 saturated carbocycles. The van der Waals surface area contributed by atoms with Crippen LogP contribution in [0.15, 0.2) is 24.5 Å². The number of aromatic nitrogens is 2. The fourth-order valence-electron chi connectivity index (χ4n) is 1.27. The first-order valence-corrected chi connectivity index (χ1v) is 4.12. The maximum Gasteiger partial charge on any atom is 0.0927 e. The summed E-state index contributed by atoms with van der Waals surface area (Å²) in [7, 11) is 0. The molecular weight excluding hydrogens is 166 g/mol. The highest BCUT2D eigenvalue weighted by atomic mass is 16.3. The summed E-state index contributed by atoms with van der Waals surface area (Å²) in [5.41, 5.74) is 7.90. The van der Waals surface area contributed by atoms with E-state index >= 15 is 0 Å². The van der Waals surface area contributed by atoms with Gasteiger partial charge in [0.05, 0.1) is 17.1 Å². The fraction of sp³-hybridized carbons (Fsp3) is 0.222. The van der Waals surface area contributed by atoms with Crippen molar-refractivity contribution in [3.05, 3.63) is 30.1 Å². The van der Waals surface area contributed by atoms with Gasteiger partial charge in [0, 0.05) is 24.5 Å². The molecule has 1 atom stereocenters. The van der Waals surface area contributed by atoms with Crippen LogP contribution in [0.25, 0.3) is 11.0 Å². The van der Waals surface area contributed by atoms with Crippen LogP contribution in [0, 0.1) is 0 Å². The maximum atomic E-state index is 9.45. The molecule has 0 fully saturated rings. The Morgan fingerprint density at radius 2 is 2.46 bits per heavy atom. The Morgan fingerprint density at radius 1 is 1.62 bits per heavy atom. The fourth-order valence-corrected chi connectivity index (χ4v) is 1.27. The van der Waals surface area contributed by atoms with Crippen molar-refractivity contribution in [2.75, 3.05) is 6.54 Å². The van der Waals surface area contributed by atoms with Gasteiger partial charge in [-0.25, -0.2) is 0 Å². The van der Waals surface area contributed by atoms with E-state index in [9.17, 15) is 5.11 Å². The third-order valence-corrected chi connectivity index (χ3v) is 2.03. The Labute approximate surface area is 75.4 Å². The summed E-state index contributed by atoms with van der Waals surface area (Å²) in [6.45, 7) is 0.216. The largest absolute Gasteiger partial charge is 0.387 e. The van der Waals surface area contributed by atoms with Crippen LogP contribution in [-0.4, -0.2) is 21.6 Å². The molecule has 4 heteroatoms. The van der Waals surface area contributed by atoms with E-state index in [0.29, 0.717) is 0 Å². The number of nitrogens with zero attached hydrogens (tertiary/aromatic N) is 1. The van der Waals surface area contributed by atoms with Gasteiger partial charge >= 0.3 is 0 Å². The molecule has 4 nitrogen and oxygen atoms in total. The quantitative estimate of drug-likeness (QED) is 0.627. The number of aromatic amines is 1. The molecule has 0 radical (unpaired) electrons. The van der Waals surface area contributed by atoms with Crippen molar-refractivity contribution in [1.82, 2.24) is 9.97 Å². The van der Waals surface area contributed by atoms with Crippen molar-refractivity contribution in [2.45, 2.75) is 6.10 Å². The van der Waals surface area contributed by atoms with Crippen LogP contribution >= 0.6 is 0 Å². The number of rotatable bonds is 2. The zero-order chi connectivity index (χ0) is 9.26. The molecule has 1 unspecified atom stereocenters. The van der Waals surface area contributed by atoms with Crippen LogP contribution < -0.4 is 5.73 Å². The highest BCUT2D eigenvalue weighted by Gasteiger charge is 2.06. The number of hydrogen-bond acceptors (Lipinski definition) is 3. The van der Waals surface area contributed by atoms with E-state index in [1.54, 1.807) is 6.20 Å². The second kappa shape index (κ2) is 3.16. The van der Waals surface area contributed by atoms with Gasteiger partial charge in [-0.3, -0.25) is 4.98 Å². The molecule has 13 heavy (non-hydrogen) atoms. The third kappa shape index (κ3) is 1.41. The highest BCUT2D eigenvalue weighted by molar-refractivity contribution is 5.75. The number of aliphatic hydroxyl groups is 1. The number of pyridine rings is 1. The lowest BCUT2D eigenvalue weighted by Gasteiger charge is -2.06. The molecule has 0 aliphatic carbocycles. The Balaban J connectivity index is 2.48.